The quantitative estimate of drug-likeness (QED) is 0.255. The highest BCUT2D eigenvalue weighted by atomic mass is 16.3. The van der Waals surface area contributed by atoms with Crippen LogP contribution in [-0.4, -0.2) is 15.7 Å². The van der Waals surface area contributed by atoms with Crippen molar-refractivity contribution in [3.8, 4) is 0 Å². The van der Waals surface area contributed by atoms with Crippen molar-refractivity contribution in [1.29, 1.82) is 5.41 Å². The molecule has 7 heteroatoms. The molecule has 0 aromatic carbocycles. The summed E-state index contributed by atoms with van der Waals surface area (Å²) in [6, 6.07) is 0. The van der Waals surface area contributed by atoms with Crippen LogP contribution in [0.15, 0.2) is 23.5 Å². The van der Waals surface area contributed by atoms with E-state index in [1.165, 1.54) is 22.0 Å². The summed E-state index contributed by atoms with van der Waals surface area (Å²) in [4.78, 5) is 10.00. The summed E-state index contributed by atoms with van der Waals surface area (Å²) in [6.07, 6.45) is 2.83. The lowest BCUT2D eigenvalue weighted by atomic mass is 10.5. The van der Waals surface area contributed by atoms with Gasteiger partial charge in [-0.3, -0.25) is 11.3 Å². The third-order valence-corrected chi connectivity index (χ3v) is 1.17. The number of aromatic nitrogens is 3. The molecule has 0 aliphatic heterocycles. The van der Waals surface area contributed by atoms with Crippen molar-refractivity contribution in [2.45, 2.75) is 6.54 Å². The van der Waals surface area contributed by atoms with E-state index in [2.05, 4.69) is 10.3 Å². The first-order valence-electron chi connectivity index (χ1n) is 3.07. The molecule has 0 amide bonds. The summed E-state index contributed by atoms with van der Waals surface area (Å²) in [5.41, 5.74) is -0.0290. The van der Waals surface area contributed by atoms with Gasteiger partial charge in [0.2, 0.25) is 6.33 Å². The van der Waals surface area contributed by atoms with Gasteiger partial charge in [0.25, 0.3) is 6.33 Å². The maximum Gasteiger partial charge on any atom is 0.286 e. The second-order valence-corrected chi connectivity index (χ2v) is 2.05. The Labute approximate surface area is 67.6 Å². The van der Waals surface area contributed by atoms with E-state index in [1.807, 2.05) is 5.87 Å². The maximum absolute atomic E-state index is 10.00. The molecule has 1 aromatic heterocycles. The summed E-state index contributed by atoms with van der Waals surface area (Å²) in [6.45, 7) is 0.108. The fourth-order valence-corrected chi connectivity index (χ4v) is 0.666. The van der Waals surface area contributed by atoms with Crippen molar-refractivity contribution in [2.24, 2.45) is 5.18 Å². The third-order valence-electron chi connectivity index (χ3n) is 1.17. The zero-order chi connectivity index (χ0) is 8.97. The van der Waals surface area contributed by atoms with Gasteiger partial charge >= 0.3 is 0 Å². The number of allylic oxidation sites excluding steroid dienone is 1. The van der Waals surface area contributed by atoms with E-state index >= 15 is 0 Å². The van der Waals surface area contributed by atoms with Crippen LogP contribution in [0.4, 0.5) is 0 Å². The predicted octanol–water partition coefficient (Wildman–Crippen LogP) is -1.22. The molecular formula is C5H7N6O+. The van der Waals surface area contributed by atoms with Crippen molar-refractivity contribution >= 4 is 5.87 Å². The SMILES string of the molecule is N=C=C(Cn1c[n+](N)cn1)N=O. The molecule has 12 heavy (non-hydrogen) atoms. The minimum atomic E-state index is -0.0290. The molecule has 1 heterocycles. The van der Waals surface area contributed by atoms with Crippen molar-refractivity contribution in [1.82, 2.24) is 9.78 Å². The largest absolute Gasteiger partial charge is 0.289 e. The molecule has 0 fully saturated rings. The molecule has 7 nitrogen and oxygen atoms in total. The molecule has 0 unspecified atom stereocenters. The molecule has 0 spiro atoms. The highest BCUT2D eigenvalue weighted by Crippen LogP contribution is 1.92. The van der Waals surface area contributed by atoms with Crippen molar-refractivity contribution in [2.75, 3.05) is 5.84 Å². The van der Waals surface area contributed by atoms with Crippen LogP contribution >= 0.6 is 0 Å². The summed E-state index contributed by atoms with van der Waals surface area (Å²) < 4.78 is 2.60. The summed E-state index contributed by atoms with van der Waals surface area (Å²) >= 11 is 0. The van der Waals surface area contributed by atoms with E-state index in [4.69, 9.17) is 11.3 Å². The van der Waals surface area contributed by atoms with E-state index < -0.39 is 0 Å². The highest BCUT2D eigenvalue weighted by molar-refractivity contribution is 5.53. The van der Waals surface area contributed by atoms with Gasteiger partial charge < -0.3 is 0 Å². The number of hydrogen-bond acceptors (Lipinski definition) is 5. The number of rotatable bonds is 3. The zero-order valence-corrected chi connectivity index (χ0v) is 6.14. The van der Waals surface area contributed by atoms with Crippen LogP contribution in [0, 0.1) is 10.3 Å². The second-order valence-electron chi connectivity index (χ2n) is 2.05. The molecule has 3 N–H and O–H groups in total. The summed E-state index contributed by atoms with van der Waals surface area (Å²) in [5.74, 6) is 7.17. The van der Waals surface area contributed by atoms with Crippen LogP contribution in [-0.2, 0) is 6.54 Å². The molecular weight excluding hydrogens is 160 g/mol. The Balaban J connectivity index is 2.76. The van der Waals surface area contributed by atoms with Gasteiger partial charge in [0, 0.05) is 11.0 Å². The van der Waals surface area contributed by atoms with E-state index in [-0.39, 0.29) is 12.2 Å². The smallest absolute Gasteiger partial charge is 0.286 e. The van der Waals surface area contributed by atoms with Gasteiger partial charge in [-0.05, 0) is 5.18 Å². The van der Waals surface area contributed by atoms with Gasteiger partial charge in [-0.1, -0.05) is 0 Å². The Morgan fingerprint density at radius 2 is 2.67 bits per heavy atom. The summed E-state index contributed by atoms with van der Waals surface area (Å²) in [5, 5.41) is 13.0. The van der Waals surface area contributed by atoms with Crippen LogP contribution in [0.2, 0.25) is 0 Å². The Hall–Kier alpha value is -2.01. The molecule has 0 bridgehead atoms. The van der Waals surface area contributed by atoms with Crippen molar-refractivity contribution < 1.29 is 4.68 Å². The average Bonchev–Trinajstić information content (AvgIpc) is 2.47. The fraction of sp³-hybridized carbons (Fsp3) is 0.200. The number of nitroso groups, excluding NO2 is 1. The predicted molar refractivity (Wildman–Crippen MR) is 39.6 cm³/mol. The molecule has 1 aromatic rings. The molecule has 0 saturated carbocycles. The van der Waals surface area contributed by atoms with Gasteiger partial charge in [0.15, 0.2) is 12.2 Å². The normalized spacial score (nSPS) is 9.00. The maximum atomic E-state index is 10.00. The van der Waals surface area contributed by atoms with E-state index in [0.717, 1.165) is 0 Å². The fourth-order valence-electron chi connectivity index (χ4n) is 0.666. The van der Waals surface area contributed by atoms with Gasteiger partial charge in [-0.15, -0.1) is 14.3 Å². The molecule has 0 aliphatic rings. The minimum absolute atomic E-state index is 0.0290. The van der Waals surface area contributed by atoms with Crippen molar-refractivity contribution in [3.63, 3.8) is 0 Å². The van der Waals surface area contributed by atoms with Crippen LogP contribution in [0.1, 0.15) is 0 Å². The Morgan fingerprint density at radius 1 is 1.92 bits per heavy atom. The molecule has 0 aliphatic carbocycles. The number of hydrogen-bond donors (Lipinski definition) is 2. The van der Waals surface area contributed by atoms with E-state index in [1.54, 1.807) is 0 Å². The topological polar surface area (TPSA) is 101 Å². The number of nitrogen functional groups attached to an aromatic ring is 1. The highest BCUT2D eigenvalue weighted by Gasteiger charge is 2.06. The van der Waals surface area contributed by atoms with E-state index in [9.17, 15) is 4.91 Å². The molecule has 0 radical (unpaired) electrons. The first kappa shape index (κ1) is 8.09. The van der Waals surface area contributed by atoms with Gasteiger partial charge in [-0.2, -0.15) is 0 Å². The van der Waals surface area contributed by atoms with Crippen LogP contribution < -0.4 is 10.5 Å². The van der Waals surface area contributed by atoms with Gasteiger partial charge in [0.1, 0.15) is 0 Å². The van der Waals surface area contributed by atoms with Crippen LogP contribution in [0.25, 0.3) is 0 Å². The molecule has 0 atom stereocenters. The molecule has 1 rings (SSSR count). The van der Waals surface area contributed by atoms with E-state index in [0.29, 0.717) is 0 Å². The Morgan fingerprint density at radius 3 is 3.08 bits per heavy atom. The lowest BCUT2D eigenvalue weighted by Crippen LogP contribution is -2.42. The molecule has 0 saturated heterocycles. The number of nitrogens with two attached hydrogens (primary N) is 1. The minimum Gasteiger partial charge on any atom is -0.289 e. The summed E-state index contributed by atoms with van der Waals surface area (Å²) in [7, 11) is 0. The Kier molecular flexibility index (Phi) is 2.29. The lowest BCUT2D eigenvalue weighted by Gasteiger charge is -1.85. The second kappa shape index (κ2) is 3.40. The van der Waals surface area contributed by atoms with Crippen molar-refractivity contribution in [3.05, 3.63) is 23.3 Å². The third kappa shape index (κ3) is 1.74. The number of nitrogens with one attached hydrogen (secondary N) is 1. The monoisotopic (exact) mass is 167 g/mol. The average molecular weight is 167 g/mol. The van der Waals surface area contributed by atoms with Crippen LogP contribution in [0.5, 0.6) is 0 Å². The lowest BCUT2D eigenvalue weighted by molar-refractivity contribution is -0.639. The molecule has 62 valence electrons. The first-order valence-corrected chi connectivity index (χ1v) is 3.07. The number of nitrogens with zero attached hydrogens (tertiary/aromatic N) is 4. The van der Waals surface area contributed by atoms with Gasteiger partial charge in [-0.25, -0.2) is 0 Å². The zero-order valence-electron chi connectivity index (χ0n) is 6.14. The first-order chi connectivity index (χ1) is 5.76. The Bertz CT molecular complexity index is 335. The van der Waals surface area contributed by atoms with Crippen LogP contribution in [0.3, 0.4) is 0 Å². The standard InChI is InChI=1S/C5H7N6O/c6-1-5(9-12)2-11-4-10(7)3-8-11/h3-4,6H,2,7H2/q+1. The van der Waals surface area contributed by atoms with Gasteiger partial charge in [0.05, 0.1) is 0 Å².